The Morgan fingerprint density at radius 2 is 1.71 bits per heavy atom. The van der Waals surface area contributed by atoms with Crippen LogP contribution in [0.4, 0.5) is 0 Å². The van der Waals surface area contributed by atoms with Gasteiger partial charge in [-0.2, -0.15) is 0 Å². The first kappa shape index (κ1) is 15.0. The summed E-state index contributed by atoms with van der Waals surface area (Å²) in [4.78, 5) is 19.7. The number of methoxy groups -OCH3 is 1. The number of carboxylic acids is 1. The summed E-state index contributed by atoms with van der Waals surface area (Å²) in [5.41, 5.74) is 3.48. The minimum Gasteiger partial charge on any atom is -0.497 e. The molecule has 0 saturated carbocycles. The van der Waals surface area contributed by atoms with Gasteiger partial charge in [0, 0.05) is 23.4 Å². The highest BCUT2D eigenvalue weighted by Gasteiger charge is 2.11. The molecule has 0 aliphatic rings. The fourth-order valence-electron chi connectivity index (χ4n) is 2.20. The number of carboxylic acid groups (broad SMARTS) is 1. The molecular formula is C16H18N2O3. The summed E-state index contributed by atoms with van der Waals surface area (Å²) in [6.07, 6.45) is 0.544. The van der Waals surface area contributed by atoms with Crippen LogP contribution in [0.2, 0.25) is 0 Å². The van der Waals surface area contributed by atoms with E-state index in [4.69, 9.17) is 9.84 Å². The van der Waals surface area contributed by atoms with Crippen LogP contribution in [-0.4, -0.2) is 28.2 Å². The summed E-state index contributed by atoms with van der Waals surface area (Å²) in [7, 11) is 1.62. The SMILES string of the molecule is COc1ccc(-c2nc(C)c(CCC(=O)O)c(C)n2)cc1. The van der Waals surface area contributed by atoms with Gasteiger partial charge in [-0.15, -0.1) is 0 Å². The maximum absolute atomic E-state index is 10.7. The molecule has 0 bridgehead atoms. The average Bonchev–Trinajstić information content (AvgIpc) is 2.46. The lowest BCUT2D eigenvalue weighted by Gasteiger charge is -2.10. The molecule has 5 nitrogen and oxygen atoms in total. The van der Waals surface area contributed by atoms with Crippen molar-refractivity contribution >= 4 is 5.97 Å². The van der Waals surface area contributed by atoms with Crippen molar-refractivity contribution in [3.8, 4) is 17.1 Å². The molecule has 0 aliphatic carbocycles. The summed E-state index contributed by atoms with van der Waals surface area (Å²) < 4.78 is 5.13. The zero-order chi connectivity index (χ0) is 15.4. The summed E-state index contributed by atoms with van der Waals surface area (Å²) in [5.74, 6) is 0.616. The number of hydrogen-bond acceptors (Lipinski definition) is 4. The van der Waals surface area contributed by atoms with Gasteiger partial charge in [-0.25, -0.2) is 9.97 Å². The highest BCUT2D eigenvalue weighted by molar-refractivity contribution is 5.67. The van der Waals surface area contributed by atoms with Crippen molar-refractivity contribution in [3.05, 3.63) is 41.2 Å². The molecular weight excluding hydrogens is 268 g/mol. The van der Waals surface area contributed by atoms with Gasteiger partial charge < -0.3 is 9.84 Å². The van der Waals surface area contributed by atoms with Crippen molar-refractivity contribution in [2.24, 2.45) is 0 Å². The fraction of sp³-hybridized carbons (Fsp3) is 0.312. The molecule has 5 heteroatoms. The number of ether oxygens (including phenoxy) is 1. The van der Waals surface area contributed by atoms with E-state index in [1.165, 1.54) is 0 Å². The molecule has 0 aliphatic heterocycles. The second-order valence-electron chi connectivity index (χ2n) is 4.82. The van der Waals surface area contributed by atoms with E-state index in [0.717, 1.165) is 28.3 Å². The third-order valence-electron chi connectivity index (χ3n) is 3.36. The standard InChI is InChI=1S/C16H18N2O3/c1-10-14(8-9-15(19)20)11(2)18-16(17-10)12-4-6-13(21-3)7-5-12/h4-7H,8-9H2,1-3H3,(H,19,20). The number of carbonyl (C=O) groups is 1. The maximum Gasteiger partial charge on any atom is 0.303 e. The van der Waals surface area contributed by atoms with Crippen molar-refractivity contribution in [2.75, 3.05) is 7.11 Å². The molecule has 1 N–H and O–H groups in total. The van der Waals surface area contributed by atoms with Crippen LogP contribution in [0, 0.1) is 13.8 Å². The zero-order valence-corrected chi connectivity index (χ0v) is 12.4. The van der Waals surface area contributed by atoms with Gasteiger partial charge in [0.25, 0.3) is 0 Å². The number of aliphatic carboxylic acids is 1. The Balaban J connectivity index is 2.31. The second kappa shape index (κ2) is 6.35. The molecule has 0 spiro atoms. The average molecular weight is 286 g/mol. The molecule has 0 fully saturated rings. The molecule has 0 radical (unpaired) electrons. The molecule has 1 aromatic heterocycles. The van der Waals surface area contributed by atoms with Gasteiger partial charge in [0.1, 0.15) is 5.75 Å². The van der Waals surface area contributed by atoms with Crippen LogP contribution in [0.25, 0.3) is 11.4 Å². The maximum atomic E-state index is 10.7. The number of benzene rings is 1. The van der Waals surface area contributed by atoms with Gasteiger partial charge >= 0.3 is 5.97 Å². The molecule has 0 amide bonds. The number of hydrogen-bond donors (Lipinski definition) is 1. The Morgan fingerprint density at radius 3 is 2.19 bits per heavy atom. The summed E-state index contributed by atoms with van der Waals surface area (Å²) in [6.45, 7) is 3.78. The lowest BCUT2D eigenvalue weighted by molar-refractivity contribution is -0.136. The van der Waals surface area contributed by atoms with E-state index in [9.17, 15) is 4.79 Å². The highest BCUT2D eigenvalue weighted by Crippen LogP contribution is 2.22. The third-order valence-corrected chi connectivity index (χ3v) is 3.36. The topological polar surface area (TPSA) is 72.3 Å². The summed E-state index contributed by atoms with van der Waals surface area (Å²) >= 11 is 0. The number of aryl methyl sites for hydroxylation is 2. The monoisotopic (exact) mass is 286 g/mol. The van der Waals surface area contributed by atoms with Crippen molar-refractivity contribution < 1.29 is 14.6 Å². The van der Waals surface area contributed by atoms with Crippen molar-refractivity contribution in [1.82, 2.24) is 9.97 Å². The molecule has 0 atom stereocenters. The molecule has 1 aromatic carbocycles. The predicted molar refractivity (Wildman–Crippen MR) is 79.5 cm³/mol. The van der Waals surface area contributed by atoms with Gasteiger partial charge in [-0.1, -0.05) is 0 Å². The first-order valence-corrected chi connectivity index (χ1v) is 6.71. The zero-order valence-electron chi connectivity index (χ0n) is 12.4. The van der Waals surface area contributed by atoms with Gasteiger partial charge in [-0.05, 0) is 50.1 Å². The molecule has 0 unspecified atom stereocenters. The van der Waals surface area contributed by atoms with Crippen LogP contribution in [-0.2, 0) is 11.2 Å². The predicted octanol–water partition coefficient (Wildman–Crippen LogP) is 2.79. The van der Waals surface area contributed by atoms with E-state index >= 15 is 0 Å². The van der Waals surface area contributed by atoms with Crippen molar-refractivity contribution in [1.29, 1.82) is 0 Å². The number of nitrogens with zero attached hydrogens (tertiary/aromatic N) is 2. The second-order valence-corrected chi connectivity index (χ2v) is 4.82. The molecule has 21 heavy (non-hydrogen) atoms. The van der Waals surface area contributed by atoms with E-state index < -0.39 is 5.97 Å². The van der Waals surface area contributed by atoms with E-state index in [0.29, 0.717) is 12.2 Å². The third kappa shape index (κ3) is 3.56. The van der Waals surface area contributed by atoms with Crippen LogP contribution in [0.1, 0.15) is 23.4 Å². The number of rotatable bonds is 5. The minimum atomic E-state index is -0.812. The quantitative estimate of drug-likeness (QED) is 0.915. The lowest BCUT2D eigenvalue weighted by Crippen LogP contribution is -2.05. The van der Waals surface area contributed by atoms with Gasteiger partial charge in [0.2, 0.25) is 0 Å². The lowest BCUT2D eigenvalue weighted by atomic mass is 10.1. The molecule has 2 rings (SSSR count). The molecule has 1 heterocycles. The highest BCUT2D eigenvalue weighted by atomic mass is 16.5. The van der Waals surface area contributed by atoms with Crippen LogP contribution < -0.4 is 4.74 Å². The van der Waals surface area contributed by atoms with Gasteiger partial charge in [0.05, 0.1) is 7.11 Å². The summed E-state index contributed by atoms with van der Waals surface area (Å²) in [5, 5.41) is 8.79. The van der Waals surface area contributed by atoms with Crippen LogP contribution in [0.15, 0.2) is 24.3 Å². The first-order valence-electron chi connectivity index (χ1n) is 6.71. The van der Waals surface area contributed by atoms with E-state index in [2.05, 4.69) is 9.97 Å². The summed E-state index contributed by atoms with van der Waals surface area (Å²) in [6, 6.07) is 7.54. The van der Waals surface area contributed by atoms with Crippen LogP contribution >= 0.6 is 0 Å². The Labute approximate surface area is 123 Å². The van der Waals surface area contributed by atoms with Crippen LogP contribution in [0.5, 0.6) is 5.75 Å². The van der Waals surface area contributed by atoms with E-state index in [1.54, 1.807) is 7.11 Å². The Morgan fingerprint density at radius 1 is 1.14 bits per heavy atom. The van der Waals surface area contributed by atoms with E-state index in [1.807, 2.05) is 38.1 Å². The minimum absolute atomic E-state index is 0.0902. The largest absolute Gasteiger partial charge is 0.497 e. The van der Waals surface area contributed by atoms with Crippen molar-refractivity contribution in [3.63, 3.8) is 0 Å². The van der Waals surface area contributed by atoms with Gasteiger partial charge in [0.15, 0.2) is 5.82 Å². The molecule has 2 aromatic rings. The van der Waals surface area contributed by atoms with Gasteiger partial charge in [-0.3, -0.25) is 4.79 Å². The molecule has 110 valence electrons. The molecule has 0 saturated heterocycles. The van der Waals surface area contributed by atoms with Crippen LogP contribution in [0.3, 0.4) is 0 Å². The van der Waals surface area contributed by atoms with Crippen molar-refractivity contribution in [2.45, 2.75) is 26.7 Å². The Bertz CT molecular complexity index is 628. The Hall–Kier alpha value is -2.43. The fourth-order valence-corrected chi connectivity index (χ4v) is 2.20. The smallest absolute Gasteiger partial charge is 0.303 e. The first-order chi connectivity index (χ1) is 10.0. The van der Waals surface area contributed by atoms with E-state index in [-0.39, 0.29) is 6.42 Å². The number of aromatic nitrogens is 2. The normalized spacial score (nSPS) is 10.4. The Kier molecular flexibility index (Phi) is 4.52.